The number of non-ortho nitro benzene ring substituents is 1. The molecule has 1 saturated heterocycles. The van der Waals surface area contributed by atoms with Crippen LogP contribution < -0.4 is 9.50 Å². The Balaban J connectivity index is 1.66. The first kappa shape index (κ1) is 21.5. The topological polar surface area (TPSA) is 140 Å². The molecule has 3 rings (SSSR count). The molecule has 1 N–H and O–H groups in total. The summed E-state index contributed by atoms with van der Waals surface area (Å²) in [4.78, 5) is 21.4. The summed E-state index contributed by atoms with van der Waals surface area (Å²) >= 11 is 1.31. The SMILES string of the molecule is CCC1S/C(=N/N=C/c2ccc(OS(=O)(=O)c3cccc([N+](=O)[O-])c3)cc2)NC1=O. The van der Waals surface area contributed by atoms with Crippen molar-refractivity contribution in [2.24, 2.45) is 10.2 Å². The van der Waals surface area contributed by atoms with Crippen molar-refractivity contribution < 1.29 is 22.3 Å². The number of amides is 1. The molecule has 1 fully saturated rings. The van der Waals surface area contributed by atoms with Crippen LogP contribution in [0.3, 0.4) is 0 Å². The summed E-state index contributed by atoms with van der Waals surface area (Å²) in [5.74, 6) is -0.0581. The van der Waals surface area contributed by atoms with Crippen LogP contribution in [0.15, 0.2) is 63.6 Å². The van der Waals surface area contributed by atoms with Gasteiger partial charge in [0.15, 0.2) is 5.17 Å². The van der Waals surface area contributed by atoms with Crippen molar-refractivity contribution in [3.8, 4) is 5.75 Å². The molecule has 0 saturated carbocycles. The normalized spacial score (nSPS) is 18.0. The molecule has 1 amide bonds. The highest BCUT2D eigenvalue weighted by atomic mass is 32.2. The van der Waals surface area contributed by atoms with Crippen molar-refractivity contribution in [1.29, 1.82) is 0 Å². The Morgan fingerprint density at radius 2 is 2.00 bits per heavy atom. The first-order chi connectivity index (χ1) is 14.3. The van der Waals surface area contributed by atoms with Crippen LogP contribution in [-0.4, -0.2) is 35.9 Å². The summed E-state index contributed by atoms with van der Waals surface area (Å²) in [7, 11) is -4.23. The van der Waals surface area contributed by atoms with Gasteiger partial charge in [0.1, 0.15) is 10.6 Å². The third kappa shape index (κ3) is 5.21. The highest BCUT2D eigenvalue weighted by molar-refractivity contribution is 8.15. The minimum atomic E-state index is -4.23. The maximum Gasteiger partial charge on any atom is 0.339 e. The average Bonchev–Trinajstić information content (AvgIpc) is 3.08. The van der Waals surface area contributed by atoms with E-state index < -0.39 is 15.0 Å². The van der Waals surface area contributed by atoms with Gasteiger partial charge in [-0.2, -0.15) is 13.5 Å². The Labute approximate surface area is 176 Å². The van der Waals surface area contributed by atoms with Gasteiger partial charge in [-0.1, -0.05) is 24.8 Å². The van der Waals surface area contributed by atoms with Gasteiger partial charge in [0, 0.05) is 12.1 Å². The molecule has 30 heavy (non-hydrogen) atoms. The van der Waals surface area contributed by atoms with E-state index in [1.807, 2.05) is 6.92 Å². The van der Waals surface area contributed by atoms with Gasteiger partial charge in [-0.25, -0.2) is 0 Å². The van der Waals surface area contributed by atoms with E-state index in [2.05, 4.69) is 15.5 Å². The minimum absolute atomic E-state index is 0.0365. The second-order valence-corrected chi connectivity index (χ2v) is 8.75. The molecule has 0 spiro atoms. The number of nitro groups is 1. The zero-order valence-corrected chi connectivity index (χ0v) is 17.2. The molecule has 0 aromatic heterocycles. The molecular formula is C18H16N4O6S2. The number of hydrogen-bond donors (Lipinski definition) is 1. The van der Waals surface area contributed by atoms with E-state index in [1.165, 1.54) is 48.3 Å². The van der Waals surface area contributed by atoms with Gasteiger partial charge >= 0.3 is 10.1 Å². The van der Waals surface area contributed by atoms with E-state index in [0.717, 1.165) is 6.07 Å². The van der Waals surface area contributed by atoms with Crippen LogP contribution in [-0.2, 0) is 14.9 Å². The van der Waals surface area contributed by atoms with Crippen LogP contribution in [0, 0.1) is 10.1 Å². The molecule has 156 valence electrons. The summed E-state index contributed by atoms with van der Waals surface area (Å²) in [6, 6.07) is 10.6. The number of carbonyl (C=O) groups excluding carboxylic acids is 1. The number of nitro benzene ring substituents is 1. The maximum absolute atomic E-state index is 12.3. The number of benzene rings is 2. The zero-order valence-electron chi connectivity index (χ0n) is 15.6. The molecule has 0 radical (unpaired) electrons. The van der Waals surface area contributed by atoms with Crippen molar-refractivity contribution in [1.82, 2.24) is 5.32 Å². The molecule has 1 aliphatic rings. The van der Waals surface area contributed by atoms with E-state index in [0.29, 0.717) is 17.2 Å². The van der Waals surface area contributed by atoms with Gasteiger partial charge in [0.05, 0.1) is 16.4 Å². The summed E-state index contributed by atoms with van der Waals surface area (Å²) < 4.78 is 29.7. The number of thioether (sulfide) groups is 1. The van der Waals surface area contributed by atoms with Crippen molar-refractivity contribution >= 4 is 44.9 Å². The molecular weight excluding hydrogens is 432 g/mol. The summed E-state index contributed by atoms with van der Waals surface area (Å²) in [6.07, 6.45) is 2.14. The third-order valence-corrected chi connectivity index (χ3v) is 6.39. The Morgan fingerprint density at radius 1 is 1.27 bits per heavy atom. The van der Waals surface area contributed by atoms with Gasteiger partial charge in [0.25, 0.3) is 5.69 Å². The number of nitrogens with one attached hydrogen (secondary N) is 1. The van der Waals surface area contributed by atoms with Crippen LogP contribution in [0.5, 0.6) is 5.75 Å². The third-order valence-electron chi connectivity index (χ3n) is 3.91. The van der Waals surface area contributed by atoms with Gasteiger partial charge < -0.3 is 9.50 Å². The van der Waals surface area contributed by atoms with Crippen molar-refractivity contribution in [3.05, 3.63) is 64.2 Å². The first-order valence-electron chi connectivity index (χ1n) is 8.66. The number of hydrogen-bond acceptors (Lipinski definition) is 9. The van der Waals surface area contributed by atoms with Crippen molar-refractivity contribution in [2.75, 3.05) is 0 Å². The number of nitrogens with zero attached hydrogens (tertiary/aromatic N) is 3. The fraction of sp³-hybridized carbons (Fsp3) is 0.167. The quantitative estimate of drug-likeness (QED) is 0.297. The Kier molecular flexibility index (Phi) is 6.47. The average molecular weight is 448 g/mol. The van der Waals surface area contributed by atoms with Gasteiger partial charge in [-0.3, -0.25) is 14.9 Å². The minimum Gasteiger partial charge on any atom is -0.379 e. The van der Waals surface area contributed by atoms with Gasteiger partial charge in [0.2, 0.25) is 5.91 Å². The fourth-order valence-corrected chi connectivity index (χ4v) is 4.23. The second-order valence-electron chi connectivity index (χ2n) is 6.01. The predicted molar refractivity (Wildman–Crippen MR) is 112 cm³/mol. The summed E-state index contributed by atoms with van der Waals surface area (Å²) in [5.41, 5.74) is 0.274. The van der Waals surface area contributed by atoms with E-state index >= 15 is 0 Å². The lowest BCUT2D eigenvalue weighted by Gasteiger charge is -2.07. The molecule has 1 unspecified atom stereocenters. The van der Waals surface area contributed by atoms with E-state index in [4.69, 9.17) is 4.18 Å². The molecule has 1 atom stereocenters. The Morgan fingerprint density at radius 3 is 2.63 bits per heavy atom. The largest absolute Gasteiger partial charge is 0.379 e. The summed E-state index contributed by atoms with van der Waals surface area (Å²) in [5, 5.41) is 21.6. The van der Waals surface area contributed by atoms with Crippen molar-refractivity contribution in [3.63, 3.8) is 0 Å². The van der Waals surface area contributed by atoms with Crippen LogP contribution >= 0.6 is 11.8 Å². The molecule has 2 aromatic rings. The molecule has 1 aliphatic heterocycles. The lowest BCUT2D eigenvalue weighted by atomic mass is 10.2. The van der Waals surface area contributed by atoms with Crippen LogP contribution in [0.1, 0.15) is 18.9 Å². The van der Waals surface area contributed by atoms with Crippen molar-refractivity contribution in [2.45, 2.75) is 23.5 Å². The maximum atomic E-state index is 12.3. The highest BCUT2D eigenvalue weighted by Gasteiger charge is 2.28. The monoisotopic (exact) mass is 448 g/mol. The van der Waals surface area contributed by atoms with Crippen LogP contribution in [0.2, 0.25) is 0 Å². The first-order valence-corrected chi connectivity index (χ1v) is 10.9. The Hall–Kier alpha value is -3.25. The predicted octanol–water partition coefficient (Wildman–Crippen LogP) is 2.69. The zero-order chi connectivity index (χ0) is 21.7. The van der Waals surface area contributed by atoms with Gasteiger partial charge in [-0.15, -0.1) is 5.10 Å². The molecule has 2 aromatic carbocycles. The smallest absolute Gasteiger partial charge is 0.339 e. The highest BCUT2D eigenvalue weighted by Crippen LogP contribution is 2.23. The molecule has 0 bridgehead atoms. The number of rotatable bonds is 7. The molecule has 0 aliphatic carbocycles. The molecule has 1 heterocycles. The van der Waals surface area contributed by atoms with Gasteiger partial charge in [-0.05, 0) is 42.3 Å². The summed E-state index contributed by atoms with van der Waals surface area (Å²) in [6.45, 7) is 1.91. The fourth-order valence-electron chi connectivity index (χ4n) is 2.41. The Bertz CT molecular complexity index is 1130. The molecule has 10 nitrogen and oxygen atoms in total. The van der Waals surface area contributed by atoms with E-state index in [9.17, 15) is 23.3 Å². The van der Waals surface area contributed by atoms with E-state index in [-0.39, 0.29) is 27.5 Å². The van der Waals surface area contributed by atoms with Crippen LogP contribution in [0.4, 0.5) is 5.69 Å². The lowest BCUT2D eigenvalue weighted by Crippen LogP contribution is -2.24. The van der Waals surface area contributed by atoms with E-state index in [1.54, 1.807) is 12.1 Å². The number of amidine groups is 1. The standard InChI is InChI=1S/C18H16N4O6S2/c1-2-16-17(23)20-18(29-16)21-19-11-12-6-8-14(9-7-12)28-30(26,27)15-5-3-4-13(10-15)22(24)25/h3-11,16H,2H2,1H3,(H,20,21,23)/b19-11+. The molecule has 12 heteroatoms. The van der Waals surface area contributed by atoms with Crippen LogP contribution in [0.25, 0.3) is 0 Å². The number of carbonyl (C=O) groups is 1. The lowest BCUT2D eigenvalue weighted by molar-refractivity contribution is -0.385. The second kappa shape index (κ2) is 9.05.